The summed E-state index contributed by atoms with van der Waals surface area (Å²) in [5, 5.41) is 3.62. The predicted molar refractivity (Wildman–Crippen MR) is 76.8 cm³/mol. The van der Waals surface area contributed by atoms with E-state index in [1.807, 2.05) is 0 Å². The monoisotopic (exact) mass is 253 g/mol. The molecule has 0 aromatic carbocycles. The highest BCUT2D eigenvalue weighted by Gasteiger charge is 2.35. The van der Waals surface area contributed by atoms with Crippen LogP contribution in [0.15, 0.2) is 0 Å². The first kappa shape index (κ1) is 14.3. The Labute approximate surface area is 113 Å². The minimum atomic E-state index is 0.439. The third-order valence-corrected chi connectivity index (χ3v) is 4.82. The molecule has 0 radical (unpaired) electrons. The number of hydrogen-bond donors (Lipinski definition) is 1. The molecule has 2 saturated carbocycles. The molecule has 2 nitrogen and oxygen atoms in total. The highest BCUT2D eigenvalue weighted by Crippen LogP contribution is 2.37. The average molecular weight is 253 g/mol. The summed E-state index contributed by atoms with van der Waals surface area (Å²) in [6.07, 6.45) is 9.88. The fourth-order valence-electron chi connectivity index (χ4n) is 3.63. The standard InChI is InChI=1S/C16H31NO/c1-4-17-14-9-10-16(2,3)11-15(14)18-12-13-7-5-6-8-13/h13-15,17H,4-12H2,1-3H3. The van der Waals surface area contributed by atoms with Crippen LogP contribution in [0.3, 0.4) is 0 Å². The van der Waals surface area contributed by atoms with E-state index in [9.17, 15) is 0 Å². The molecule has 0 spiro atoms. The van der Waals surface area contributed by atoms with Gasteiger partial charge < -0.3 is 10.1 Å². The third kappa shape index (κ3) is 3.96. The first-order valence-electron chi connectivity index (χ1n) is 7.96. The van der Waals surface area contributed by atoms with Crippen LogP contribution in [0.4, 0.5) is 0 Å². The average Bonchev–Trinajstić information content (AvgIpc) is 2.82. The molecule has 0 aromatic heterocycles. The van der Waals surface area contributed by atoms with E-state index in [1.54, 1.807) is 0 Å². The van der Waals surface area contributed by atoms with E-state index in [4.69, 9.17) is 4.74 Å². The molecule has 0 amide bonds. The number of hydrogen-bond acceptors (Lipinski definition) is 2. The van der Waals surface area contributed by atoms with Gasteiger partial charge in [-0.3, -0.25) is 0 Å². The molecule has 0 saturated heterocycles. The van der Waals surface area contributed by atoms with Crippen LogP contribution in [-0.2, 0) is 4.74 Å². The lowest BCUT2D eigenvalue weighted by Crippen LogP contribution is -2.48. The van der Waals surface area contributed by atoms with Crippen LogP contribution < -0.4 is 5.32 Å². The summed E-state index contributed by atoms with van der Waals surface area (Å²) < 4.78 is 6.31. The zero-order chi connectivity index (χ0) is 13.0. The smallest absolute Gasteiger partial charge is 0.0733 e. The van der Waals surface area contributed by atoms with Crippen LogP contribution in [-0.4, -0.2) is 25.3 Å². The summed E-state index contributed by atoms with van der Waals surface area (Å²) in [5.74, 6) is 0.845. The van der Waals surface area contributed by atoms with Crippen LogP contribution >= 0.6 is 0 Å². The van der Waals surface area contributed by atoms with Crippen molar-refractivity contribution >= 4 is 0 Å². The van der Waals surface area contributed by atoms with E-state index >= 15 is 0 Å². The van der Waals surface area contributed by atoms with Crippen molar-refractivity contribution in [1.82, 2.24) is 5.32 Å². The van der Waals surface area contributed by atoms with Gasteiger partial charge in [0.1, 0.15) is 0 Å². The first-order valence-corrected chi connectivity index (χ1v) is 7.96. The highest BCUT2D eigenvalue weighted by molar-refractivity contribution is 4.90. The van der Waals surface area contributed by atoms with Crippen molar-refractivity contribution in [2.75, 3.05) is 13.2 Å². The summed E-state index contributed by atoms with van der Waals surface area (Å²) >= 11 is 0. The van der Waals surface area contributed by atoms with Crippen molar-refractivity contribution < 1.29 is 4.74 Å². The van der Waals surface area contributed by atoms with Gasteiger partial charge in [-0.25, -0.2) is 0 Å². The second-order valence-electron chi connectivity index (χ2n) is 7.09. The van der Waals surface area contributed by atoms with E-state index in [-0.39, 0.29) is 0 Å². The summed E-state index contributed by atoms with van der Waals surface area (Å²) in [5.41, 5.74) is 0.465. The molecule has 2 fully saturated rings. The van der Waals surface area contributed by atoms with Crippen LogP contribution in [0.2, 0.25) is 0 Å². The van der Waals surface area contributed by atoms with Crippen LogP contribution in [0.25, 0.3) is 0 Å². The Morgan fingerprint density at radius 2 is 1.89 bits per heavy atom. The molecule has 0 bridgehead atoms. The van der Waals surface area contributed by atoms with Crippen molar-refractivity contribution in [3.8, 4) is 0 Å². The fourth-order valence-corrected chi connectivity index (χ4v) is 3.63. The second kappa shape index (κ2) is 6.38. The van der Waals surface area contributed by atoms with Gasteiger partial charge in [-0.05, 0) is 50.0 Å². The lowest BCUT2D eigenvalue weighted by Gasteiger charge is -2.41. The van der Waals surface area contributed by atoms with E-state index in [0.717, 1.165) is 19.1 Å². The predicted octanol–water partition coefficient (Wildman–Crippen LogP) is 3.75. The molecule has 2 atom stereocenters. The summed E-state index contributed by atoms with van der Waals surface area (Å²) in [6.45, 7) is 9.05. The van der Waals surface area contributed by atoms with Gasteiger partial charge in [0.05, 0.1) is 6.10 Å². The van der Waals surface area contributed by atoms with Crippen molar-refractivity contribution in [1.29, 1.82) is 0 Å². The molecular weight excluding hydrogens is 222 g/mol. The normalized spacial score (nSPS) is 32.8. The van der Waals surface area contributed by atoms with Gasteiger partial charge in [0.15, 0.2) is 0 Å². The summed E-state index contributed by atoms with van der Waals surface area (Å²) in [6, 6.07) is 0.587. The van der Waals surface area contributed by atoms with Gasteiger partial charge in [-0.15, -0.1) is 0 Å². The van der Waals surface area contributed by atoms with Crippen molar-refractivity contribution in [2.24, 2.45) is 11.3 Å². The van der Waals surface area contributed by atoms with E-state index in [1.165, 1.54) is 44.9 Å². The molecular formula is C16H31NO. The molecule has 0 aliphatic heterocycles. The van der Waals surface area contributed by atoms with Gasteiger partial charge in [0.2, 0.25) is 0 Å². The van der Waals surface area contributed by atoms with Gasteiger partial charge in [-0.2, -0.15) is 0 Å². The van der Waals surface area contributed by atoms with Crippen LogP contribution in [0.5, 0.6) is 0 Å². The number of nitrogens with one attached hydrogen (secondary N) is 1. The number of likely N-dealkylation sites (N-methyl/N-ethyl adjacent to an activating group) is 1. The maximum absolute atomic E-state index is 6.31. The third-order valence-electron chi connectivity index (χ3n) is 4.82. The topological polar surface area (TPSA) is 21.3 Å². The van der Waals surface area contributed by atoms with Crippen molar-refractivity contribution in [3.63, 3.8) is 0 Å². The van der Waals surface area contributed by atoms with Crippen LogP contribution in [0.1, 0.15) is 65.7 Å². The molecule has 0 heterocycles. The lowest BCUT2D eigenvalue weighted by molar-refractivity contribution is -0.0404. The zero-order valence-corrected chi connectivity index (χ0v) is 12.5. The van der Waals surface area contributed by atoms with Gasteiger partial charge in [0, 0.05) is 12.6 Å². The van der Waals surface area contributed by atoms with Crippen molar-refractivity contribution in [2.45, 2.75) is 77.9 Å². The molecule has 2 aliphatic carbocycles. The molecule has 0 aromatic rings. The second-order valence-corrected chi connectivity index (χ2v) is 7.09. The Morgan fingerprint density at radius 3 is 2.56 bits per heavy atom. The van der Waals surface area contributed by atoms with E-state index in [0.29, 0.717) is 17.6 Å². The Bertz CT molecular complexity index is 245. The SMILES string of the molecule is CCNC1CCC(C)(C)CC1OCC1CCCC1. The molecule has 1 N–H and O–H groups in total. The van der Waals surface area contributed by atoms with Gasteiger partial charge >= 0.3 is 0 Å². The van der Waals surface area contributed by atoms with E-state index < -0.39 is 0 Å². The van der Waals surface area contributed by atoms with E-state index in [2.05, 4.69) is 26.1 Å². The van der Waals surface area contributed by atoms with Crippen molar-refractivity contribution in [3.05, 3.63) is 0 Å². The minimum Gasteiger partial charge on any atom is -0.376 e. The molecule has 2 unspecified atom stereocenters. The zero-order valence-electron chi connectivity index (χ0n) is 12.5. The van der Waals surface area contributed by atoms with Gasteiger partial charge in [0.25, 0.3) is 0 Å². The fraction of sp³-hybridized carbons (Fsp3) is 1.00. The molecule has 2 aliphatic rings. The molecule has 18 heavy (non-hydrogen) atoms. The summed E-state index contributed by atoms with van der Waals surface area (Å²) in [7, 11) is 0. The quantitative estimate of drug-likeness (QED) is 0.805. The number of ether oxygens (including phenoxy) is 1. The maximum atomic E-state index is 6.31. The first-order chi connectivity index (χ1) is 8.61. The molecule has 106 valence electrons. The number of rotatable bonds is 5. The Morgan fingerprint density at radius 1 is 1.17 bits per heavy atom. The highest BCUT2D eigenvalue weighted by atomic mass is 16.5. The molecule has 2 rings (SSSR count). The maximum Gasteiger partial charge on any atom is 0.0733 e. The van der Waals surface area contributed by atoms with Crippen LogP contribution in [0, 0.1) is 11.3 Å². The Kier molecular flexibility index (Phi) is 5.08. The van der Waals surface area contributed by atoms with Gasteiger partial charge in [-0.1, -0.05) is 33.6 Å². The summed E-state index contributed by atoms with van der Waals surface area (Å²) in [4.78, 5) is 0. The Hall–Kier alpha value is -0.0800. The lowest BCUT2D eigenvalue weighted by atomic mass is 9.74. The molecule has 2 heteroatoms. The largest absolute Gasteiger partial charge is 0.376 e. The Balaban J connectivity index is 1.83. The minimum absolute atomic E-state index is 0.439.